The van der Waals surface area contributed by atoms with Crippen molar-refractivity contribution in [3.05, 3.63) is 35.6 Å². The molecule has 60 valence electrons. The van der Waals surface area contributed by atoms with Crippen LogP contribution in [0.3, 0.4) is 0 Å². The van der Waals surface area contributed by atoms with E-state index in [1.54, 1.807) is 12.1 Å². The van der Waals surface area contributed by atoms with Crippen molar-refractivity contribution in [1.29, 1.82) is 0 Å². The summed E-state index contributed by atoms with van der Waals surface area (Å²) in [6.45, 7) is 1.92. The van der Waals surface area contributed by atoms with Crippen LogP contribution < -0.4 is 0 Å². The third-order valence-corrected chi connectivity index (χ3v) is 1.58. The van der Waals surface area contributed by atoms with Crippen LogP contribution in [-0.2, 0) is 6.42 Å². The van der Waals surface area contributed by atoms with Gasteiger partial charge in [0, 0.05) is 5.38 Å². The van der Waals surface area contributed by atoms with Crippen molar-refractivity contribution in [2.45, 2.75) is 18.7 Å². The van der Waals surface area contributed by atoms with Crippen molar-refractivity contribution in [3.8, 4) is 0 Å². The zero-order valence-corrected chi connectivity index (χ0v) is 7.11. The quantitative estimate of drug-likeness (QED) is 0.602. The average molecular weight is 173 g/mol. The number of halogens is 2. The minimum atomic E-state index is -0.198. The largest absolute Gasteiger partial charge is 0.207 e. The molecule has 0 saturated carbocycles. The molecule has 0 bridgehead atoms. The Hall–Kier alpha value is -0.560. The molecule has 0 aliphatic rings. The zero-order valence-electron chi connectivity index (χ0n) is 6.35. The van der Waals surface area contributed by atoms with Crippen LogP contribution in [0.2, 0.25) is 0 Å². The van der Waals surface area contributed by atoms with E-state index < -0.39 is 0 Å². The molecule has 0 nitrogen and oxygen atoms in total. The summed E-state index contributed by atoms with van der Waals surface area (Å²) >= 11 is 5.76. The molecule has 0 N–H and O–H groups in total. The minimum Gasteiger partial charge on any atom is -0.207 e. The van der Waals surface area contributed by atoms with Gasteiger partial charge in [-0.3, -0.25) is 0 Å². The number of benzene rings is 1. The van der Waals surface area contributed by atoms with Gasteiger partial charge in [-0.2, -0.15) is 0 Å². The fourth-order valence-corrected chi connectivity index (χ4v) is 1.12. The summed E-state index contributed by atoms with van der Waals surface area (Å²) in [7, 11) is 0. The van der Waals surface area contributed by atoms with Gasteiger partial charge in [0.1, 0.15) is 5.82 Å². The van der Waals surface area contributed by atoms with Crippen LogP contribution >= 0.6 is 11.6 Å². The maximum absolute atomic E-state index is 12.4. The van der Waals surface area contributed by atoms with E-state index in [0.717, 1.165) is 12.0 Å². The first-order valence-corrected chi connectivity index (χ1v) is 4.00. The van der Waals surface area contributed by atoms with E-state index in [1.807, 2.05) is 6.92 Å². The predicted molar refractivity (Wildman–Crippen MR) is 45.4 cm³/mol. The summed E-state index contributed by atoms with van der Waals surface area (Å²) in [5.74, 6) is -0.198. The van der Waals surface area contributed by atoms with E-state index in [2.05, 4.69) is 0 Å². The lowest BCUT2D eigenvalue weighted by Gasteiger charge is -2.01. The number of hydrogen-bond donors (Lipinski definition) is 0. The number of hydrogen-bond acceptors (Lipinski definition) is 0. The molecule has 0 aliphatic carbocycles. The highest BCUT2D eigenvalue weighted by atomic mass is 35.5. The van der Waals surface area contributed by atoms with Gasteiger partial charge in [0.15, 0.2) is 0 Å². The van der Waals surface area contributed by atoms with Crippen LogP contribution in [0.5, 0.6) is 0 Å². The molecule has 0 radical (unpaired) electrons. The van der Waals surface area contributed by atoms with Gasteiger partial charge in [0.25, 0.3) is 0 Å². The van der Waals surface area contributed by atoms with Gasteiger partial charge < -0.3 is 0 Å². The van der Waals surface area contributed by atoms with Crippen molar-refractivity contribution in [3.63, 3.8) is 0 Å². The third kappa shape index (κ3) is 2.89. The van der Waals surface area contributed by atoms with Gasteiger partial charge in [-0.15, -0.1) is 11.6 Å². The first-order valence-electron chi connectivity index (χ1n) is 3.57. The molecule has 0 aliphatic heterocycles. The van der Waals surface area contributed by atoms with E-state index in [1.165, 1.54) is 12.1 Å². The van der Waals surface area contributed by atoms with E-state index in [0.29, 0.717) is 0 Å². The second-order valence-corrected chi connectivity index (χ2v) is 3.36. The van der Waals surface area contributed by atoms with E-state index in [9.17, 15) is 4.39 Å². The standard InChI is InChI=1S/C9H10ClF/c1-7(10)6-8-2-4-9(11)5-3-8/h2-5,7H,6H2,1H3. The maximum Gasteiger partial charge on any atom is 0.123 e. The van der Waals surface area contributed by atoms with Gasteiger partial charge in [0.2, 0.25) is 0 Å². The van der Waals surface area contributed by atoms with Crippen LogP contribution in [0.15, 0.2) is 24.3 Å². The fourth-order valence-electron chi connectivity index (χ4n) is 0.945. The lowest BCUT2D eigenvalue weighted by molar-refractivity contribution is 0.627. The Balaban J connectivity index is 2.66. The summed E-state index contributed by atoms with van der Waals surface area (Å²) in [6.07, 6.45) is 0.793. The molecule has 2 heteroatoms. The Bertz CT molecular complexity index is 216. The minimum absolute atomic E-state index is 0.112. The lowest BCUT2D eigenvalue weighted by atomic mass is 10.1. The molecule has 0 aromatic heterocycles. The molecule has 0 spiro atoms. The van der Waals surface area contributed by atoms with Gasteiger partial charge in [-0.05, 0) is 31.0 Å². The maximum atomic E-state index is 12.4. The summed E-state index contributed by atoms with van der Waals surface area (Å²) in [4.78, 5) is 0. The summed E-state index contributed by atoms with van der Waals surface area (Å²) < 4.78 is 12.4. The van der Waals surface area contributed by atoms with Gasteiger partial charge in [0.05, 0.1) is 0 Å². The Morgan fingerprint density at radius 2 is 1.91 bits per heavy atom. The number of rotatable bonds is 2. The predicted octanol–water partition coefficient (Wildman–Crippen LogP) is 3.00. The van der Waals surface area contributed by atoms with Gasteiger partial charge in [-0.25, -0.2) is 4.39 Å². The summed E-state index contributed by atoms with van der Waals surface area (Å²) in [5, 5.41) is 0.112. The molecular formula is C9H10ClF. The van der Waals surface area contributed by atoms with E-state index in [4.69, 9.17) is 11.6 Å². The van der Waals surface area contributed by atoms with Gasteiger partial charge in [-0.1, -0.05) is 12.1 Å². The highest BCUT2D eigenvalue weighted by Gasteiger charge is 1.98. The molecule has 0 amide bonds. The lowest BCUT2D eigenvalue weighted by Crippen LogP contribution is -1.96. The second-order valence-electron chi connectivity index (χ2n) is 2.61. The molecule has 1 unspecified atom stereocenters. The SMILES string of the molecule is CC(Cl)Cc1ccc(F)cc1. The van der Waals surface area contributed by atoms with Crippen molar-refractivity contribution < 1.29 is 4.39 Å². The Morgan fingerprint density at radius 1 is 1.36 bits per heavy atom. The van der Waals surface area contributed by atoms with Crippen molar-refractivity contribution in [2.24, 2.45) is 0 Å². The Labute approximate surface area is 71.0 Å². The summed E-state index contributed by atoms with van der Waals surface area (Å²) in [6, 6.07) is 6.42. The third-order valence-electron chi connectivity index (χ3n) is 1.43. The normalized spacial score (nSPS) is 13.0. The molecule has 1 aromatic rings. The smallest absolute Gasteiger partial charge is 0.123 e. The van der Waals surface area contributed by atoms with Crippen molar-refractivity contribution in [2.75, 3.05) is 0 Å². The van der Waals surface area contributed by atoms with E-state index >= 15 is 0 Å². The Kier molecular flexibility index (Phi) is 2.89. The molecule has 0 fully saturated rings. The molecular weight excluding hydrogens is 163 g/mol. The van der Waals surface area contributed by atoms with Crippen molar-refractivity contribution >= 4 is 11.6 Å². The zero-order chi connectivity index (χ0) is 8.27. The molecule has 1 rings (SSSR count). The molecule has 0 heterocycles. The molecule has 1 atom stereocenters. The van der Waals surface area contributed by atoms with Crippen LogP contribution in [-0.4, -0.2) is 5.38 Å². The second kappa shape index (κ2) is 3.72. The Morgan fingerprint density at radius 3 is 2.36 bits per heavy atom. The molecule has 1 aromatic carbocycles. The highest BCUT2D eigenvalue weighted by molar-refractivity contribution is 6.20. The van der Waals surface area contributed by atoms with Crippen LogP contribution in [0.25, 0.3) is 0 Å². The summed E-state index contributed by atoms with van der Waals surface area (Å²) in [5.41, 5.74) is 1.08. The first-order chi connectivity index (χ1) is 5.18. The molecule has 0 saturated heterocycles. The first kappa shape index (κ1) is 8.54. The fraction of sp³-hybridized carbons (Fsp3) is 0.333. The molecule has 11 heavy (non-hydrogen) atoms. The van der Waals surface area contributed by atoms with Crippen LogP contribution in [0, 0.1) is 5.82 Å². The van der Waals surface area contributed by atoms with Gasteiger partial charge >= 0.3 is 0 Å². The monoisotopic (exact) mass is 172 g/mol. The average Bonchev–Trinajstić information content (AvgIpc) is 1.93. The van der Waals surface area contributed by atoms with Crippen LogP contribution in [0.4, 0.5) is 4.39 Å². The highest BCUT2D eigenvalue weighted by Crippen LogP contribution is 2.08. The van der Waals surface area contributed by atoms with Crippen molar-refractivity contribution in [1.82, 2.24) is 0 Å². The topological polar surface area (TPSA) is 0 Å². The van der Waals surface area contributed by atoms with Crippen LogP contribution in [0.1, 0.15) is 12.5 Å². The van der Waals surface area contributed by atoms with E-state index in [-0.39, 0.29) is 11.2 Å². The number of alkyl halides is 1.